The van der Waals surface area contributed by atoms with Crippen LogP contribution in [-0.4, -0.2) is 53.3 Å². The standard InChI is InChI=1S/C18H24ClN3O2.ClH/c19-15-6-2-1-5-14(15)13-16(23)21-9-11-22(12-10-21)17(24)18(20)7-3-4-8-18;/h1-2,5-6H,3-4,7-13,20H2;1H. The second-order valence-electron chi connectivity index (χ2n) is 6.80. The van der Waals surface area contributed by atoms with E-state index in [1.165, 1.54) is 0 Å². The zero-order valence-electron chi connectivity index (χ0n) is 14.2. The summed E-state index contributed by atoms with van der Waals surface area (Å²) >= 11 is 6.12. The Bertz CT molecular complexity index is 625. The van der Waals surface area contributed by atoms with Crippen LogP contribution >= 0.6 is 24.0 Å². The predicted molar refractivity (Wildman–Crippen MR) is 101 cm³/mol. The molecule has 2 fully saturated rings. The molecule has 2 N–H and O–H groups in total. The highest BCUT2D eigenvalue weighted by Crippen LogP contribution is 2.29. The van der Waals surface area contributed by atoms with E-state index in [-0.39, 0.29) is 24.2 Å². The number of amides is 2. The van der Waals surface area contributed by atoms with Crippen molar-refractivity contribution in [3.8, 4) is 0 Å². The Morgan fingerprint density at radius 2 is 1.60 bits per heavy atom. The molecule has 7 heteroatoms. The maximum atomic E-state index is 12.6. The maximum Gasteiger partial charge on any atom is 0.242 e. The van der Waals surface area contributed by atoms with Crippen molar-refractivity contribution in [3.63, 3.8) is 0 Å². The maximum absolute atomic E-state index is 12.6. The van der Waals surface area contributed by atoms with Crippen LogP contribution in [0.25, 0.3) is 0 Å². The molecule has 1 aliphatic heterocycles. The van der Waals surface area contributed by atoms with Crippen molar-refractivity contribution in [2.75, 3.05) is 26.2 Å². The zero-order chi connectivity index (χ0) is 17.2. The minimum Gasteiger partial charge on any atom is -0.339 e. The van der Waals surface area contributed by atoms with Crippen molar-refractivity contribution in [1.29, 1.82) is 0 Å². The average molecular weight is 386 g/mol. The van der Waals surface area contributed by atoms with Gasteiger partial charge in [0, 0.05) is 31.2 Å². The van der Waals surface area contributed by atoms with E-state index in [4.69, 9.17) is 17.3 Å². The number of carbonyl (C=O) groups is 2. The first-order valence-electron chi connectivity index (χ1n) is 8.59. The van der Waals surface area contributed by atoms with Gasteiger partial charge in [0.25, 0.3) is 0 Å². The predicted octanol–water partition coefficient (Wildman–Crippen LogP) is 2.25. The van der Waals surface area contributed by atoms with E-state index in [9.17, 15) is 9.59 Å². The molecule has 0 unspecified atom stereocenters. The number of halogens is 2. The van der Waals surface area contributed by atoms with Gasteiger partial charge in [0.1, 0.15) is 0 Å². The lowest BCUT2D eigenvalue weighted by Crippen LogP contribution is -2.59. The third-order valence-corrected chi connectivity index (χ3v) is 5.51. The van der Waals surface area contributed by atoms with Gasteiger partial charge >= 0.3 is 0 Å². The first kappa shape index (κ1) is 20.0. The van der Waals surface area contributed by atoms with Crippen LogP contribution in [-0.2, 0) is 16.0 Å². The van der Waals surface area contributed by atoms with E-state index in [1.807, 2.05) is 28.0 Å². The van der Waals surface area contributed by atoms with E-state index in [0.29, 0.717) is 37.6 Å². The number of hydrogen-bond acceptors (Lipinski definition) is 3. The highest BCUT2D eigenvalue weighted by atomic mass is 35.5. The molecule has 1 aromatic rings. The third-order valence-electron chi connectivity index (χ3n) is 5.14. The van der Waals surface area contributed by atoms with Crippen molar-refractivity contribution in [2.24, 2.45) is 5.73 Å². The molecule has 2 amide bonds. The third kappa shape index (κ3) is 4.46. The Balaban J connectivity index is 0.00000225. The molecule has 25 heavy (non-hydrogen) atoms. The Morgan fingerprint density at radius 1 is 1.04 bits per heavy atom. The Morgan fingerprint density at radius 3 is 2.20 bits per heavy atom. The number of rotatable bonds is 3. The normalized spacial score (nSPS) is 19.4. The minimum absolute atomic E-state index is 0. The second kappa shape index (κ2) is 8.39. The van der Waals surface area contributed by atoms with E-state index in [1.54, 1.807) is 6.07 Å². The lowest BCUT2D eigenvalue weighted by molar-refractivity contribution is -0.142. The van der Waals surface area contributed by atoms with Gasteiger partial charge in [-0.25, -0.2) is 0 Å². The highest BCUT2D eigenvalue weighted by molar-refractivity contribution is 6.31. The van der Waals surface area contributed by atoms with Crippen molar-refractivity contribution in [2.45, 2.75) is 37.6 Å². The average Bonchev–Trinajstić information content (AvgIpc) is 3.04. The summed E-state index contributed by atoms with van der Waals surface area (Å²) in [6.07, 6.45) is 3.90. The van der Waals surface area contributed by atoms with Crippen LogP contribution in [0.3, 0.4) is 0 Å². The minimum atomic E-state index is -0.677. The SMILES string of the molecule is Cl.NC1(C(=O)N2CCN(C(=O)Cc3ccccc3Cl)CC2)CCCC1. The first-order chi connectivity index (χ1) is 11.5. The van der Waals surface area contributed by atoms with Gasteiger partial charge < -0.3 is 15.5 Å². The summed E-state index contributed by atoms with van der Waals surface area (Å²) in [6.45, 7) is 2.24. The lowest BCUT2D eigenvalue weighted by atomic mass is 9.97. The van der Waals surface area contributed by atoms with Gasteiger partial charge in [-0.05, 0) is 24.5 Å². The van der Waals surface area contributed by atoms with Gasteiger partial charge in [0.2, 0.25) is 11.8 Å². The van der Waals surface area contributed by atoms with Gasteiger partial charge in [0.05, 0.1) is 12.0 Å². The molecule has 5 nitrogen and oxygen atoms in total. The highest BCUT2D eigenvalue weighted by Gasteiger charge is 2.40. The number of nitrogens with two attached hydrogens (primary N) is 1. The molecule has 1 heterocycles. The van der Waals surface area contributed by atoms with Crippen molar-refractivity contribution in [1.82, 2.24) is 9.80 Å². The van der Waals surface area contributed by atoms with Crippen LogP contribution < -0.4 is 5.73 Å². The molecule has 1 aromatic carbocycles. The smallest absolute Gasteiger partial charge is 0.242 e. The molecule has 1 saturated heterocycles. The molecule has 2 aliphatic rings. The van der Waals surface area contributed by atoms with Crippen LogP contribution in [0.5, 0.6) is 0 Å². The summed E-state index contributed by atoms with van der Waals surface area (Å²) in [5.41, 5.74) is 6.43. The quantitative estimate of drug-likeness (QED) is 0.867. The van der Waals surface area contributed by atoms with Crippen LogP contribution in [0.15, 0.2) is 24.3 Å². The summed E-state index contributed by atoms with van der Waals surface area (Å²) in [5.74, 6) is 0.108. The van der Waals surface area contributed by atoms with Crippen LogP contribution in [0.4, 0.5) is 0 Å². The molecule has 0 atom stereocenters. The number of hydrogen-bond donors (Lipinski definition) is 1. The van der Waals surface area contributed by atoms with E-state index in [2.05, 4.69) is 0 Å². The fraction of sp³-hybridized carbons (Fsp3) is 0.556. The van der Waals surface area contributed by atoms with E-state index >= 15 is 0 Å². The zero-order valence-corrected chi connectivity index (χ0v) is 15.8. The topological polar surface area (TPSA) is 66.6 Å². The first-order valence-corrected chi connectivity index (χ1v) is 8.97. The Hall–Kier alpha value is -1.30. The number of piperazine rings is 1. The fourth-order valence-corrected chi connectivity index (χ4v) is 3.81. The molecular weight excluding hydrogens is 361 g/mol. The van der Waals surface area contributed by atoms with E-state index < -0.39 is 5.54 Å². The molecule has 1 saturated carbocycles. The molecule has 0 bridgehead atoms. The summed E-state index contributed by atoms with van der Waals surface area (Å²) in [5, 5.41) is 0.617. The lowest BCUT2D eigenvalue weighted by Gasteiger charge is -2.38. The summed E-state index contributed by atoms with van der Waals surface area (Å²) in [6, 6.07) is 7.40. The van der Waals surface area contributed by atoms with Crippen LogP contribution in [0.1, 0.15) is 31.2 Å². The molecule has 1 aliphatic carbocycles. The van der Waals surface area contributed by atoms with Crippen molar-refractivity contribution < 1.29 is 9.59 Å². The Kier molecular flexibility index (Phi) is 6.72. The summed E-state index contributed by atoms with van der Waals surface area (Å²) in [7, 11) is 0. The molecule has 0 radical (unpaired) electrons. The molecule has 138 valence electrons. The van der Waals surface area contributed by atoms with Gasteiger partial charge in [0.15, 0.2) is 0 Å². The molecule has 0 spiro atoms. The second-order valence-corrected chi connectivity index (χ2v) is 7.21. The van der Waals surface area contributed by atoms with Gasteiger partial charge in [-0.15, -0.1) is 12.4 Å². The van der Waals surface area contributed by atoms with Gasteiger partial charge in [-0.2, -0.15) is 0 Å². The van der Waals surface area contributed by atoms with Crippen molar-refractivity contribution >= 4 is 35.8 Å². The largest absolute Gasteiger partial charge is 0.339 e. The van der Waals surface area contributed by atoms with Crippen molar-refractivity contribution in [3.05, 3.63) is 34.9 Å². The monoisotopic (exact) mass is 385 g/mol. The molecule has 0 aromatic heterocycles. The Labute approximate surface area is 159 Å². The molecular formula is C18H25Cl2N3O2. The van der Waals surface area contributed by atoms with Gasteiger partial charge in [-0.3, -0.25) is 9.59 Å². The summed E-state index contributed by atoms with van der Waals surface area (Å²) < 4.78 is 0. The number of nitrogens with zero attached hydrogens (tertiary/aromatic N) is 2. The van der Waals surface area contributed by atoms with Crippen LogP contribution in [0.2, 0.25) is 5.02 Å². The molecule has 3 rings (SSSR count). The van der Waals surface area contributed by atoms with Gasteiger partial charge in [-0.1, -0.05) is 42.6 Å². The van der Waals surface area contributed by atoms with E-state index in [0.717, 1.165) is 31.2 Å². The fourth-order valence-electron chi connectivity index (χ4n) is 3.61. The summed E-state index contributed by atoms with van der Waals surface area (Å²) in [4.78, 5) is 28.7. The number of benzene rings is 1. The number of carbonyl (C=O) groups excluding carboxylic acids is 2. The van der Waals surface area contributed by atoms with Crippen LogP contribution in [0, 0.1) is 0 Å².